The molecule has 0 aromatic carbocycles. The van der Waals surface area contributed by atoms with E-state index in [1.54, 1.807) is 12.1 Å². The topological polar surface area (TPSA) is 91.4 Å². The van der Waals surface area contributed by atoms with Crippen molar-refractivity contribution < 1.29 is 14.4 Å². The third-order valence-electron chi connectivity index (χ3n) is 2.42. The second-order valence-electron chi connectivity index (χ2n) is 3.84. The minimum Gasteiger partial charge on any atom is -0.311 e. The summed E-state index contributed by atoms with van der Waals surface area (Å²) in [6.07, 6.45) is 1.74. The Morgan fingerprint density at radius 3 is 2.78 bits per heavy atom. The Hall–Kier alpha value is -2.44. The van der Waals surface area contributed by atoms with Gasteiger partial charge in [-0.1, -0.05) is 0 Å². The van der Waals surface area contributed by atoms with E-state index in [-0.39, 0.29) is 18.2 Å². The van der Waals surface area contributed by atoms with Crippen molar-refractivity contribution >= 4 is 29.4 Å². The largest absolute Gasteiger partial charge is 0.328 e. The van der Waals surface area contributed by atoms with Crippen LogP contribution in [0, 0.1) is 0 Å². The quantitative estimate of drug-likeness (QED) is 0.796. The number of aromatic nitrogens is 1. The van der Waals surface area contributed by atoms with Crippen LogP contribution in [0.4, 0.5) is 16.3 Å². The molecule has 0 aliphatic carbocycles. The average Bonchev–Trinajstić information content (AvgIpc) is 2.30. The highest BCUT2D eigenvalue weighted by Crippen LogP contribution is 2.17. The van der Waals surface area contributed by atoms with Gasteiger partial charge in [-0.25, -0.2) is 9.78 Å². The van der Waals surface area contributed by atoms with E-state index in [1.807, 2.05) is 0 Å². The zero-order chi connectivity index (χ0) is 13.1. The molecule has 18 heavy (non-hydrogen) atoms. The van der Waals surface area contributed by atoms with Crippen LogP contribution >= 0.6 is 0 Å². The van der Waals surface area contributed by atoms with Gasteiger partial charge in [-0.15, -0.1) is 0 Å². The SMILES string of the molecule is CC(=O)Nc1ccc(N2CCC(=O)NC2=O)cn1. The van der Waals surface area contributed by atoms with Gasteiger partial charge in [-0.05, 0) is 12.1 Å². The number of urea groups is 1. The molecule has 2 rings (SSSR count). The van der Waals surface area contributed by atoms with Gasteiger partial charge in [0.25, 0.3) is 0 Å². The molecule has 1 aromatic rings. The Morgan fingerprint density at radius 2 is 2.22 bits per heavy atom. The number of rotatable bonds is 2. The highest BCUT2D eigenvalue weighted by molar-refractivity contribution is 6.05. The van der Waals surface area contributed by atoms with Crippen molar-refractivity contribution in [3.8, 4) is 0 Å². The van der Waals surface area contributed by atoms with Crippen LogP contribution in [-0.4, -0.2) is 29.4 Å². The standard InChI is InChI=1S/C11H12N4O3/c1-7(16)13-9-3-2-8(6-12-9)15-5-4-10(17)14-11(15)18/h2-3,6H,4-5H2,1H3,(H,12,13,16)(H,14,17,18). The smallest absolute Gasteiger partial charge is 0.311 e. The molecular weight excluding hydrogens is 236 g/mol. The summed E-state index contributed by atoms with van der Waals surface area (Å²) in [7, 11) is 0. The Labute approximate surface area is 103 Å². The molecular formula is C11H12N4O3. The summed E-state index contributed by atoms with van der Waals surface area (Å²) in [6, 6.07) is 2.80. The molecule has 1 aliphatic heterocycles. The first kappa shape index (κ1) is 12.0. The van der Waals surface area contributed by atoms with E-state index in [0.29, 0.717) is 18.1 Å². The van der Waals surface area contributed by atoms with Crippen molar-refractivity contribution in [2.24, 2.45) is 0 Å². The number of pyridine rings is 1. The van der Waals surface area contributed by atoms with Crippen LogP contribution in [0.15, 0.2) is 18.3 Å². The van der Waals surface area contributed by atoms with Crippen molar-refractivity contribution in [2.75, 3.05) is 16.8 Å². The molecule has 0 atom stereocenters. The van der Waals surface area contributed by atoms with Crippen molar-refractivity contribution in [2.45, 2.75) is 13.3 Å². The molecule has 7 heteroatoms. The molecule has 4 amide bonds. The molecule has 0 saturated carbocycles. The van der Waals surface area contributed by atoms with Gasteiger partial charge in [0.1, 0.15) is 5.82 Å². The summed E-state index contributed by atoms with van der Waals surface area (Å²) in [5.74, 6) is -0.0737. The number of carbonyl (C=O) groups excluding carboxylic acids is 3. The van der Waals surface area contributed by atoms with Crippen LogP contribution in [-0.2, 0) is 9.59 Å². The van der Waals surface area contributed by atoms with Gasteiger partial charge in [-0.2, -0.15) is 0 Å². The molecule has 1 saturated heterocycles. The van der Waals surface area contributed by atoms with Crippen LogP contribution in [0.5, 0.6) is 0 Å². The lowest BCUT2D eigenvalue weighted by atomic mass is 10.2. The van der Waals surface area contributed by atoms with Gasteiger partial charge in [0, 0.05) is 19.9 Å². The predicted octanol–water partition coefficient (Wildman–Crippen LogP) is 0.486. The molecule has 0 radical (unpaired) electrons. The number of carbonyl (C=O) groups is 3. The number of imide groups is 1. The fourth-order valence-corrected chi connectivity index (χ4v) is 1.61. The van der Waals surface area contributed by atoms with Crippen LogP contribution < -0.4 is 15.5 Å². The summed E-state index contributed by atoms with van der Waals surface area (Å²) in [6.45, 7) is 1.71. The maximum absolute atomic E-state index is 11.6. The first-order valence-electron chi connectivity index (χ1n) is 5.41. The van der Waals surface area contributed by atoms with Crippen molar-refractivity contribution in [1.29, 1.82) is 0 Å². The summed E-state index contributed by atoms with van der Waals surface area (Å²) in [5.41, 5.74) is 0.578. The average molecular weight is 248 g/mol. The monoisotopic (exact) mass is 248 g/mol. The van der Waals surface area contributed by atoms with Gasteiger partial charge in [0.2, 0.25) is 11.8 Å². The maximum atomic E-state index is 11.6. The van der Waals surface area contributed by atoms with Gasteiger partial charge >= 0.3 is 6.03 Å². The normalized spacial score (nSPS) is 15.3. The molecule has 7 nitrogen and oxygen atoms in total. The molecule has 2 N–H and O–H groups in total. The Morgan fingerprint density at radius 1 is 1.44 bits per heavy atom. The summed E-state index contributed by atoms with van der Waals surface area (Å²) in [5, 5.41) is 4.76. The molecule has 1 aliphatic rings. The van der Waals surface area contributed by atoms with Crippen LogP contribution in [0.2, 0.25) is 0 Å². The van der Waals surface area contributed by atoms with Gasteiger partial charge in [0.15, 0.2) is 0 Å². The molecule has 0 bridgehead atoms. The number of hydrogen-bond donors (Lipinski definition) is 2. The predicted molar refractivity (Wildman–Crippen MR) is 64.0 cm³/mol. The highest BCUT2D eigenvalue weighted by Gasteiger charge is 2.24. The van der Waals surface area contributed by atoms with E-state index in [1.165, 1.54) is 18.0 Å². The molecule has 2 heterocycles. The molecule has 94 valence electrons. The molecule has 0 unspecified atom stereocenters. The van der Waals surface area contributed by atoms with E-state index in [9.17, 15) is 14.4 Å². The third kappa shape index (κ3) is 2.62. The van der Waals surface area contributed by atoms with Crippen molar-refractivity contribution in [3.63, 3.8) is 0 Å². The minimum absolute atomic E-state index is 0.212. The number of amides is 4. The van der Waals surface area contributed by atoms with Gasteiger partial charge in [0.05, 0.1) is 11.9 Å². The second-order valence-corrected chi connectivity index (χ2v) is 3.84. The van der Waals surface area contributed by atoms with E-state index >= 15 is 0 Å². The molecule has 0 spiro atoms. The minimum atomic E-state index is -0.458. The Kier molecular flexibility index (Phi) is 3.22. The lowest BCUT2D eigenvalue weighted by Crippen LogP contribution is -2.49. The lowest BCUT2D eigenvalue weighted by Gasteiger charge is -2.26. The zero-order valence-electron chi connectivity index (χ0n) is 9.77. The van der Waals surface area contributed by atoms with E-state index < -0.39 is 6.03 Å². The summed E-state index contributed by atoms with van der Waals surface area (Å²) < 4.78 is 0. The summed E-state index contributed by atoms with van der Waals surface area (Å²) >= 11 is 0. The first-order valence-corrected chi connectivity index (χ1v) is 5.41. The van der Waals surface area contributed by atoms with E-state index in [0.717, 1.165) is 0 Å². The second kappa shape index (κ2) is 4.82. The van der Waals surface area contributed by atoms with Gasteiger partial charge in [-0.3, -0.25) is 19.8 Å². The number of anilines is 2. The number of nitrogens with zero attached hydrogens (tertiary/aromatic N) is 2. The lowest BCUT2D eigenvalue weighted by molar-refractivity contribution is -0.120. The van der Waals surface area contributed by atoms with Crippen molar-refractivity contribution in [3.05, 3.63) is 18.3 Å². The van der Waals surface area contributed by atoms with E-state index in [2.05, 4.69) is 15.6 Å². The van der Waals surface area contributed by atoms with Crippen molar-refractivity contribution in [1.82, 2.24) is 10.3 Å². The molecule has 1 fully saturated rings. The summed E-state index contributed by atoms with van der Waals surface area (Å²) in [4.78, 5) is 38.8. The fraction of sp³-hybridized carbons (Fsp3) is 0.273. The van der Waals surface area contributed by atoms with E-state index in [4.69, 9.17) is 0 Å². The first-order chi connectivity index (χ1) is 8.56. The van der Waals surface area contributed by atoms with Crippen LogP contribution in [0.1, 0.15) is 13.3 Å². The Balaban J connectivity index is 2.12. The number of hydrogen-bond acceptors (Lipinski definition) is 4. The Bertz CT molecular complexity index is 498. The highest BCUT2D eigenvalue weighted by atomic mass is 16.2. The zero-order valence-corrected chi connectivity index (χ0v) is 9.77. The van der Waals surface area contributed by atoms with Crippen LogP contribution in [0.3, 0.4) is 0 Å². The number of nitrogens with one attached hydrogen (secondary N) is 2. The molecule has 1 aromatic heterocycles. The fourth-order valence-electron chi connectivity index (χ4n) is 1.61. The van der Waals surface area contributed by atoms with Crippen LogP contribution in [0.25, 0.3) is 0 Å². The van der Waals surface area contributed by atoms with Gasteiger partial charge < -0.3 is 5.32 Å². The maximum Gasteiger partial charge on any atom is 0.328 e. The third-order valence-corrected chi connectivity index (χ3v) is 2.42.